The quantitative estimate of drug-likeness (QED) is 0.396. The molecule has 1 unspecified atom stereocenters. The Bertz CT molecular complexity index is 104. The van der Waals surface area contributed by atoms with Gasteiger partial charge in [0.2, 0.25) is 6.29 Å². The monoisotopic (exact) mass is 196 g/mol. The smallest absolute Gasteiger partial charge is 0.335 e. The van der Waals surface area contributed by atoms with Gasteiger partial charge in [0.25, 0.3) is 0 Å². The number of rotatable bonds is 6. The minimum absolute atomic E-state index is 0.511. The summed E-state index contributed by atoms with van der Waals surface area (Å²) in [6, 6.07) is 0. The Labute approximate surface area is 75.4 Å². The first-order valence-electron chi connectivity index (χ1n) is 3.41. The van der Waals surface area contributed by atoms with Gasteiger partial charge in [0.15, 0.2) is 0 Å². The lowest BCUT2D eigenvalue weighted by Gasteiger charge is -2.33. The Morgan fingerprint density at radius 1 is 1.00 bits per heavy atom. The molecule has 0 heterocycles. The summed E-state index contributed by atoms with van der Waals surface area (Å²) >= 11 is 0. The molecular formula is C6H16O5Si. The number of ether oxygens (including phenoxy) is 4. The topological polar surface area (TPSA) is 46.2 Å². The van der Waals surface area contributed by atoms with E-state index in [9.17, 15) is 0 Å². The lowest BCUT2D eigenvalue weighted by molar-refractivity contribution is -0.421. The summed E-state index contributed by atoms with van der Waals surface area (Å²) in [5, 5.41) is 0. The van der Waals surface area contributed by atoms with E-state index in [4.69, 9.17) is 23.4 Å². The zero-order chi connectivity index (χ0) is 9.61. The summed E-state index contributed by atoms with van der Waals surface area (Å²) in [6.07, 6.45) is -0.663. The van der Waals surface area contributed by atoms with Crippen molar-refractivity contribution in [1.82, 2.24) is 0 Å². The van der Waals surface area contributed by atoms with Crippen LogP contribution < -0.4 is 0 Å². The van der Waals surface area contributed by atoms with Crippen molar-refractivity contribution in [3.05, 3.63) is 0 Å². The van der Waals surface area contributed by atoms with Gasteiger partial charge in [0, 0.05) is 28.4 Å². The minimum Gasteiger partial charge on any atom is -0.398 e. The lowest BCUT2D eigenvalue weighted by Crippen LogP contribution is -2.49. The second-order valence-electron chi connectivity index (χ2n) is 2.02. The largest absolute Gasteiger partial charge is 0.398 e. The highest BCUT2D eigenvalue weighted by molar-refractivity contribution is 5.98. The van der Waals surface area contributed by atoms with E-state index in [1.54, 1.807) is 0 Å². The van der Waals surface area contributed by atoms with Crippen molar-refractivity contribution < 1.29 is 23.4 Å². The molecule has 0 aliphatic heterocycles. The summed E-state index contributed by atoms with van der Waals surface area (Å²) in [7, 11) is 6.38. The standard InChI is InChI=1S/C6H16O5Si/c1-7-5(11-12)6(8-2,9-3)10-4/h5H,1-4,12H3. The molecule has 0 aliphatic carbocycles. The van der Waals surface area contributed by atoms with E-state index >= 15 is 0 Å². The lowest BCUT2D eigenvalue weighted by atomic mass is 10.5. The predicted octanol–water partition coefficient (Wildman–Crippen LogP) is -1.15. The molecule has 0 saturated heterocycles. The Morgan fingerprint density at radius 2 is 1.42 bits per heavy atom. The molecule has 74 valence electrons. The van der Waals surface area contributed by atoms with Crippen LogP contribution in [-0.4, -0.2) is 51.2 Å². The Balaban J connectivity index is 4.42. The summed E-state index contributed by atoms with van der Waals surface area (Å²) in [4.78, 5) is 0. The Kier molecular flexibility index (Phi) is 5.63. The maximum absolute atomic E-state index is 5.08. The molecule has 0 saturated carbocycles. The van der Waals surface area contributed by atoms with E-state index < -0.39 is 12.3 Å². The van der Waals surface area contributed by atoms with Crippen LogP contribution in [0.1, 0.15) is 0 Å². The normalized spacial score (nSPS) is 15.0. The fraction of sp³-hybridized carbons (Fsp3) is 1.00. The first kappa shape index (κ1) is 12.0. The third-order valence-electron chi connectivity index (χ3n) is 1.57. The van der Waals surface area contributed by atoms with E-state index in [2.05, 4.69) is 0 Å². The SMILES string of the molecule is COC(O[SiH3])C(OC)(OC)OC. The van der Waals surface area contributed by atoms with Gasteiger partial charge in [-0.1, -0.05) is 0 Å². The van der Waals surface area contributed by atoms with E-state index in [0.717, 1.165) is 0 Å². The van der Waals surface area contributed by atoms with Crippen molar-refractivity contribution in [2.24, 2.45) is 0 Å². The molecule has 5 nitrogen and oxygen atoms in total. The van der Waals surface area contributed by atoms with Gasteiger partial charge in [-0.15, -0.1) is 0 Å². The highest BCUT2D eigenvalue weighted by Gasteiger charge is 2.40. The van der Waals surface area contributed by atoms with E-state index in [-0.39, 0.29) is 0 Å². The van der Waals surface area contributed by atoms with Gasteiger partial charge >= 0.3 is 5.97 Å². The van der Waals surface area contributed by atoms with Crippen molar-refractivity contribution in [1.29, 1.82) is 0 Å². The van der Waals surface area contributed by atoms with Crippen LogP contribution in [0.15, 0.2) is 0 Å². The molecule has 0 spiro atoms. The number of hydrogen-bond acceptors (Lipinski definition) is 5. The van der Waals surface area contributed by atoms with Crippen LogP contribution in [0.5, 0.6) is 0 Å². The van der Waals surface area contributed by atoms with Gasteiger partial charge in [0.1, 0.15) is 10.5 Å². The van der Waals surface area contributed by atoms with Crippen LogP contribution in [0.3, 0.4) is 0 Å². The molecule has 0 bridgehead atoms. The van der Waals surface area contributed by atoms with Gasteiger partial charge in [0.05, 0.1) is 0 Å². The summed E-state index contributed by atoms with van der Waals surface area (Å²) < 4.78 is 25.1. The van der Waals surface area contributed by atoms with Crippen molar-refractivity contribution >= 4 is 10.5 Å². The van der Waals surface area contributed by atoms with Crippen molar-refractivity contribution in [3.8, 4) is 0 Å². The zero-order valence-electron chi connectivity index (χ0n) is 8.12. The number of methoxy groups -OCH3 is 4. The average Bonchev–Trinajstić information content (AvgIpc) is 2.14. The van der Waals surface area contributed by atoms with E-state index in [1.807, 2.05) is 0 Å². The predicted molar refractivity (Wildman–Crippen MR) is 45.6 cm³/mol. The molecule has 0 radical (unpaired) electrons. The maximum Gasteiger partial charge on any atom is 0.335 e. The molecule has 6 heteroatoms. The fourth-order valence-corrected chi connectivity index (χ4v) is 1.40. The summed E-state index contributed by atoms with van der Waals surface area (Å²) in [6.45, 7) is 0. The van der Waals surface area contributed by atoms with Crippen LogP contribution in [0.25, 0.3) is 0 Å². The molecule has 0 N–H and O–H groups in total. The van der Waals surface area contributed by atoms with Gasteiger partial charge in [-0.25, -0.2) is 0 Å². The van der Waals surface area contributed by atoms with Crippen LogP contribution in [-0.2, 0) is 23.4 Å². The second-order valence-corrected chi connectivity index (χ2v) is 2.49. The fourth-order valence-electron chi connectivity index (χ4n) is 0.924. The molecule has 1 atom stereocenters. The third-order valence-corrected chi connectivity index (χ3v) is 2.00. The van der Waals surface area contributed by atoms with Crippen molar-refractivity contribution in [2.45, 2.75) is 12.3 Å². The van der Waals surface area contributed by atoms with Crippen LogP contribution in [0.2, 0.25) is 0 Å². The van der Waals surface area contributed by atoms with Crippen LogP contribution >= 0.6 is 0 Å². The molecule has 0 aromatic rings. The molecular weight excluding hydrogens is 180 g/mol. The molecule has 12 heavy (non-hydrogen) atoms. The van der Waals surface area contributed by atoms with Gasteiger partial charge in [-0.3, -0.25) is 0 Å². The molecule has 0 fully saturated rings. The van der Waals surface area contributed by atoms with Gasteiger partial charge in [-0.2, -0.15) is 0 Å². The van der Waals surface area contributed by atoms with Crippen LogP contribution in [0.4, 0.5) is 0 Å². The van der Waals surface area contributed by atoms with E-state index in [0.29, 0.717) is 10.5 Å². The van der Waals surface area contributed by atoms with Crippen molar-refractivity contribution in [3.63, 3.8) is 0 Å². The second kappa shape index (κ2) is 5.63. The molecule has 0 aromatic carbocycles. The molecule has 0 rings (SSSR count). The number of hydrogen-bond donors (Lipinski definition) is 0. The van der Waals surface area contributed by atoms with Gasteiger partial charge in [-0.05, 0) is 0 Å². The third kappa shape index (κ3) is 2.25. The summed E-state index contributed by atoms with van der Waals surface area (Å²) in [5.41, 5.74) is 0. The average molecular weight is 196 g/mol. The maximum atomic E-state index is 5.08. The first-order valence-corrected chi connectivity index (χ1v) is 4.23. The minimum atomic E-state index is -1.27. The highest BCUT2D eigenvalue weighted by atomic mass is 28.2. The zero-order valence-corrected chi connectivity index (χ0v) is 10.1. The van der Waals surface area contributed by atoms with Crippen LogP contribution in [0, 0.1) is 0 Å². The summed E-state index contributed by atoms with van der Waals surface area (Å²) in [5.74, 6) is -1.27. The highest BCUT2D eigenvalue weighted by Crippen LogP contribution is 2.19. The molecule has 0 aromatic heterocycles. The first-order chi connectivity index (χ1) is 5.70. The van der Waals surface area contributed by atoms with Gasteiger partial charge < -0.3 is 23.4 Å². The Hall–Kier alpha value is 0.0169. The molecule has 0 aliphatic rings. The Morgan fingerprint density at radius 3 is 1.50 bits per heavy atom. The molecule has 0 amide bonds. The van der Waals surface area contributed by atoms with E-state index in [1.165, 1.54) is 28.4 Å². The van der Waals surface area contributed by atoms with Crippen molar-refractivity contribution in [2.75, 3.05) is 28.4 Å².